The number of benzene rings is 1. The van der Waals surface area contributed by atoms with Crippen molar-refractivity contribution >= 4 is 34.1 Å². The Morgan fingerprint density at radius 1 is 1.30 bits per heavy atom. The lowest BCUT2D eigenvalue weighted by molar-refractivity contribution is -0.385. The molecule has 0 radical (unpaired) electrons. The van der Waals surface area contributed by atoms with Crippen LogP contribution in [0.5, 0.6) is 0 Å². The molecule has 30 heavy (non-hydrogen) atoms. The van der Waals surface area contributed by atoms with Gasteiger partial charge in [-0.15, -0.1) is 0 Å². The first-order valence-electron chi connectivity index (χ1n) is 10.0. The van der Waals surface area contributed by atoms with Crippen LogP contribution in [0.25, 0.3) is 0 Å². The van der Waals surface area contributed by atoms with Gasteiger partial charge in [-0.3, -0.25) is 20.2 Å². The number of aromatic nitrogens is 1. The molecule has 2 heterocycles. The average molecular weight is 430 g/mol. The zero-order chi connectivity index (χ0) is 21.3. The summed E-state index contributed by atoms with van der Waals surface area (Å²) in [6.07, 6.45) is 4.89. The van der Waals surface area contributed by atoms with Gasteiger partial charge in [-0.25, -0.2) is 9.78 Å². The van der Waals surface area contributed by atoms with Crippen LogP contribution in [0.15, 0.2) is 18.2 Å². The number of hydrogen-bond donors (Lipinski definition) is 2. The molecule has 0 bridgehead atoms. The Balaban J connectivity index is 1.44. The normalized spacial score (nSPS) is 16.2. The molecule has 3 amide bonds. The molecule has 1 aliphatic heterocycles. The standard InChI is InChI=1S/C20H23N5O4S/c1-12-14(7-4-8-16(12)25(28)29)18(26)24-10-9-15-17(11-24)30-20(22-15)23-19(27)21-13-5-2-3-6-13/h4,7-8,13H,2-3,5-6,9-11H2,1H3,(H2,21,22,23,27). The van der Waals surface area contributed by atoms with E-state index in [1.807, 2.05) is 0 Å². The minimum Gasteiger partial charge on any atom is -0.335 e. The lowest BCUT2D eigenvalue weighted by Gasteiger charge is -2.26. The van der Waals surface area contributed by atoms with Gasteiger partial charge in [0.25, 0.3) is 11.6 Å². The summed E-state index contributed by atoms with van der Waals surface area (Å²) >= 11 is 1.36. The largest absolute Gasteiger partial charge is 0.335 e. The van der Waals surface area contributed by atoms with Crippen molar-refractivity contribution in [2.45, 2.75) is 51.6 Å². The molecule has 9 nitrogen and oxygen atoms in total. The summed E-state index contributed by atoms with van der Waals surface area (Å²) in [6.45, 7) is 2.45. The van der Waals surface area contributed by atoms with Crippen LogP contribution in [-0.2, 0) is 13.0 Å². The Morgan fingerprint density at radius 2 is 2.07 bits per heavy atom. The summed E-state index contributed by atoms with van der Waals surface area (Å²) < 4.78 is 0. The second-order valence-electron chi connectivity index (χ2n) is 7.65. The number of urea groups is 1. The monoisotopic (exact) mass is 429 g/mol. The van der Waals surface area contributed by atoms with Crippen molar-refractivity contribution < 1.29 is 14.5 Å². The molecule has 2 aromatic rings. The van der Waals surface area contributed by atoms with Gasteiger partial charge in [-0.05, 0) is 25.8 Å². The zero-order valence-corrected chi connectivity index (χ0v) is 17.5. The maximum atomic E-state index is 13.0. The van der Waals surface area contributed by atoms with Gasteiger partial charge in [0.1, 0.15) is 0 Å². The number of hydrogen-bond acceptors (Lipinski definition) is 6. The summed E-state index contributed by atoms with van der Waals surface area (Å²) in [6, 6.07) is 4.54. The molecule has 10 heteroatoms. The third kappa shape index (κ3) is 4.13. The summed E-state index contributed by atoms with van der Waals surface area (Å²) in [7, 11) is 0. The molecule has 1 fully saturated rings. The van der Waals surface area contributed by atoms with Crippen LogP contribution in [0.3, 0.4) is 0 Å². The fourth-order valence-corrected chi connectivity index (χ4v) is 5.05. The first-order valence-corrected chi connectivity index (χ1v) is 10.8. The van der Waals surface area contributed by atoms with Crippen molar-refractivity contribution in [3.63, 3.8) is 0 Å². The van der Waals surface area contributed by atoms with Crippen LogP contribution in [0.2, 0.25) is 0 Å². The quantitative estimate of drug-likeness (QED) is 0.568. The molecule has 0 atom stereocenters. The maximum absolute atomic E-state index is 13.0. The molecule has 0 unspecified atom stereocenters. The summed E-state index contributed by atoms with van der Waals surface area (Å²) in [5.74, 6) is -0.233. The molecule has 2 aliphatic rings. The van der Waals surface area contributed by atoms with Gasteiger partial charge in [-0.1, -0.05) is 30.2 Å². The number of carbonyl (C=O) groups excluding carboxylic acids is 2. The van der Waals surface area contributed by atoms with E-state index < -0.39 is 4.92 Å². The van der Waals surface area contributed by atoms with E-state index >= 15 is 0 Å². The van der Waals surface area contributed by atoms with Gasteiger partial charge >= 0.3 is 6.03 Å². The lowest BCUT2D eigenvalue weighted by atomic mass is 10.0. The van der Waals surface area contributed by atoms with E-state index in [2.05, 4.69) is 15.6 Å². The van der Waals surface area contributed by atoms with Crippen molar-refractivity contribution in [3.05, 3.63) is 50.0 Å². The van der Waals surface area contributed by atoms with Crippen LogP contribution in [0.4, 0.5) is 15.6 Å². The Morgan fingerprint density at radius 3 is 2.80 bits per heavy atom. The van der Waals surface area contributed by atoms with E-state index in [9.17, 15) is 19.7 Å². The number of carbonyl (C=O) groups is 2. The second-order valence-corrected chi connectivity index (χ2v) is 8.74. The summed E-state index contributed by atoms with van der Waals surface area (Å²) in [5, 5.41) is 17.5. The number of rotatable bonds is 4. The number of anilines is 1. The highest BCUT2D eigenvalue weighted by atomic mass is 32.1. The van der Waals surface area contributed by atoms with Crippen LogP contribution >= 0.6 is 11.3 Å². The SMILES string of the molecule is Cc1c(C(=O)N2CCc3nc(NC(=O)NC4CCCC4)sc3C2)cccc1[N+](=O)[O-]. The van der Waals surface area contributed by atoms with Gasteiger partial charge in [-0.2, -0.15) is 0 Å². The molecule has 0 spiro atoms. The highest BCUT2D eigenvalue weighted by Crippen LogP contribution is 2.30. The third-order valence-electron chi connectivity index (χ3n) is 5.66. The fraction of sp³-hybridized carbons (Fsp3) is 0.450. The maximum Gasteiger partial charge on any atom is 0.321 e. The van der Waals surface area contributed by atoms with Gasteiger partial charge in [0.2, 0.25) is 0 Å². The smallest absolute Gasteiger partial charge is 0.321 e. The van der Waals surface area contributed by atoms with Gasteiger partial charge < -0.3 is 10.2 Å². The molecule has 4 rings (SSSR count). The molecular weight excluding hydrogens is 406 g/mol. The number of nitro benzene ring substituents is 1. The van der Waals surface area contributed by atoms with Crippen molar-refractivity contribution in [1.82, 2.24) is 15.2 Å². The number of nitrogens with one attached hydrogen (secondary N) is 2. The molecule has 1 aromatic heterocycles. The van der Waals surface area contributed by atoms with E-state index in [0.717, 1.165) is 36.3 Å². The highest BCUT2D eigenvalue weighted by Gasteiger charge is 2.28. The average Bonchev–Trinajstić information content (AvgIpc) is 3.35. The summed E-state index contributed by atoms with van der Waals surface area (Å²) in [5.41, 5.74) is 1.53. The fourth-order valence-electron chi connectivity index (χ4n) is 4.03. The molecule has 1 aromatic carbocycles. The first-order chi connectivity index (χ1) is 14.4. The Kier molecular flexibility index (Phi) is 5.67. The number of amides is 3. The van der Waals surface area contributed by atoms with Crippen molar-refractivity contribution in [2.75, 3.05) is 11.9 Å². The van der Waals surface area contributed by atoms with Crippen molar-refractivity contribution in [2.24, 2.45) is 0 Å². The molecular formula is C20H23N5O4S. The topological polar surface area (TPSA) is 117 Å². The van der Waals surface area contributed by atoms with Gasteiger partial charge in [0.05, 0.1) is 17.2 Å². The number of nitrogens with zero attached hydrogens (tertiary/aromatic N) is 3. The molecule has 2 N–H and O–H groups in total. The van der Waals surface area contributed by atoms with Gasteiger partial charge in [0, 0.05) is 41.1 Å². The molecule has 158 valence electrons. The van der Waals surface area contributed by atoms with E-state index in [4.69, 9.17) is 0 Å². The van der Waals surface area contributed by atoms with Crippen LogP contribution in [0, 0.1) is 17.0 Å². The minimum absolute atomic E-state index is 0.0592. The Hall–Kier alpha value is -3.01. The molecule has 1 saturated carbocycles. The highest BCUT2D eigenvalue weighted by molar-refractivity contribution is 7.15. The van der Waals surface area contributed by atoms with E-state index in [1.165, 1.54) is 23.5 Å². The van der Waals surface area contributed by atoms with E-state index in [0.29, 0.717) is 35.8 Å². The Bertz CT molecular complexity index is 999. The summed E-state index contributed by atoms with van der Waals surface area (Å²) in [4.78, 5) is 43.0. The predicted molar refractivity (Wildman–Crippen MR) is 113 cm³/mol. The second kappa shape index (κ2) is 8.39. The minimum atomic E-state index is -0.474. The Labute approximate surface area is 177 Å². The first kappa shape index (κ1) is 20.3. The number of fused-ring (bicyclic) bond motifs is 1. The van der Waals surface area contributed by atoms with Crippen molar-refractivity contribution in [1.29, 1.82) is 0 Å². The van der Waals surface area contributed by atoms with Gasteiger partial charge in [0.15, 0.2) is 5.13 Å². The molecule has 1 aliphatic carbocycles. The predicted octanol–water partition coefficient (Wildman–Crippen LogP) is 3.62. The van der Waals surface area contributed by atoms with E-state index in [1.54, 1.807) is 17.9 Å². The molecule has 0 saturated heterocycles. The van der Waals surface area contributed by atoms with E-state index in [-0.39, 0.29) is 23.7 Å². The number of nitro groups is 1. The lowest BCUT2D eigenvalue weighted by Crippen LogP contribution is -2.36. The van der Waals surface area contributed by atoms with Crippen LogP contribution in [-0.4, -0.2) is 39.3 Å². The van der Waals surface area contributed by atoms with Crippen molar-refractivity contribution in [3.8, 4) is 0 Å². The van der Waals surface area contributed by atoms with Crippen LogP contribution in [0.1, 0.15) is 52.2 Å². The van der Waals surface area contributed by atoms with Crippen LogP contribution < -0.4 is 10.6 Å². The third-order valence-corrected chi connectivity index (χ3v) is 6.66. The zero-order valence-electron chi connectivity index (χ0n) is 16.6. The number of thiazole rings is 1.